The van der Waals surface area contributed by atoms with Gasteiger partial charge in [0.15, 0.2) is 5.82 Å². The Hall–Kier alpha value is -1.96. The highest BCUT2D eigenvalue weighted by Crippen LogP contribution is 2.20. The smallest absolute Gasteiger partial charge is 0.287 e. The third kappa shape index (κ3) is 3.13. The Morgan fingerprint density at radius 1 is 1.55 bits per heavy atom. The molecule has 2 aromatic rings. The number of halogens is 1. The third-order valence-electron chi connectivity index (χ3n) is 2.83. The Morgan fingerprint density at radius 2 is 2.35 bits per heavy atom. The highest BCUT2D eigenvalue weighted by atomic mass is 35.5. The van der Waals surface area contributed by atoms with Crippen LogP contribution in [0.4, 0.5) is 5.69 Å². The minimum Gasteiger partial charge on any atom is -0.373 e. The van der Waals surface area contributed by atoms with Crippen molar-refractivity contribution in [1.82, 2.24) is 30.4 Å². The van der Waals surface area contributed by atoms with Crippen LogP contribution in [0.1, 0.15) is 38.6 Å². The Labute approximate surface area is 120 Å². The fourth-order valence-electron chi connectivity index (χ4n) is 1.68. The molecule has 1 atom stereocenters. The molecule has 2 heterocycles. The maximum absolute atomic E-state index is 12.0. The maximum Gasteiger partial charge on any atom is 0.287 e. The quantitative estimate of drug-likeness (QED) is 0.835. The van der Waals surface area contributed by atoms with Crippen LogP contribution in [0.5, 0.6) is 0 Å². The van der Waals surface area contributed by atoms with E-state index in [1.165, 1.54) is 10.9 Å². The summed E-state index contributed by atoms with van der Waals surface area (Å²) in [6, 6.07) is -0.237. The van der Waals surface area contributed by atoms with E-state index in [0.717, 1.165) is 12.8 Å². The molecule has 2 rings (SSSR count). The van der Waals surface area contributed by atoms with Gasteiger partial charge >= 0.3 is 0 Å². The summed E-state index contributed by atoms with van der Waals surface area (Å²) in [5.41, 5.74) is 0.159. The first kappa shape index (κ1) is 14.4. The molecule has 0 saturated heterocycles. The molecule has 1 unspecified atom stereocenters. The van der Waals surface area contributed by atoms with Crippen LogP contribution in [0.15, 0.2) is 11.0 Å². The highest BCUT2D eigenvalue weighted by molar-refractivity contribution is 6.32. The zero-order chi connectivity index (χ0) is 14.5. The number of hydrogen-bond donors (Lipinski definition) is 2. The summed E-state index contributed by atoms with van der Waals surface area (Å²) in [6.45, 7) is 4.45. The van der Waals surface area contributed by atoms with E-state index in [0.29, 0.717) is 18.1 Å². The summed E-state index contributed by atoms with van der Waals surface area (Å²) in [4.78, 5) is 12.0. The van der Waals surface area contributed by atoms with Gasteiger partial charge in [0.1, 0.15) is 5.02 Å². The number of anilines is 1. The van der Waals surface area contributed by atoms with Crippen LogP contribution in [-0.2, 0) is 6.54 Å². The average molecular weight is 298 g/mol. The van der Waals surface area contributed by atoms with Crippen LogP contribution in [0.3, 0.4) is 0 Å². The molecule has 2 N–H and O–H groups in total. The lowest BCUT2D eigenvalue weighted by Crippen LogP contribution is -2.24. The van der Waals surface area contributed by atoms with Gasteiger partial charge < -0.3 is 5.32 Å². The molecule has 9 heteroatoms. The molecule has 0 radical (unpaired) electrons. The summed E-state index contributed by atoms with van der Waals surface area (Å²) < 4.78 is 1.37. The lowest BCUT2D eigenvalue weighted by molar-refractivity contribution is 0.543. The lowest BCUT2D eigenvalue weighted by Gasteiger charge is -2.13. The fourth-order valence-corrected chi connectivity index (χ4v) is 1.88. The van der Waals surface area contributed by atoms with E-state index in [1.54, 1.807) is 0 Å². The van der Waals surface area contributed by atoms with Crippen molar-refractivity contribution in [3.63, 3.8) is 0 Å². The van der Waals surface area contributed by atoms with Crippen LogP contribution < -0.4 is 10.9 Å². The second kappa shape index (κ2) is 6.47. The van der Waals surface area contributed by atoms with Crippen molar-refractivity contribution in [2.75, 3.05) is 5.32 Å². The van der Waals surface area contributed by atoms with Gasteiger partial charge in [0.25, 0.3) is 5.56 Å². The molecular weight excluding hydrogens is 282 g/mol. The van der Waals surface area contributed by atoms with Crippen LogP contribution in [0.2, 0.25) is 5.02 Å². The summed E-state index contributed by atoms with van der Waals surface area (Å²) in [5, 5.41) is 20.8. The molecule has 0 aliphatic carbocycles. The number of aromatic nitrogens is 6. The Kier molecular flexibility index (Phi) is 4.67. The monoisotopic (exact) mass is 297 g/mol. The van der Waals surface area contributed by atoms with Gasteiger partial charge in [0.2, 0.25) is 0 Å². The van der Waals surface area contributed by atoms with E-state index in [2.05, 4.69) is 38.0 Å². The number of hydrogen-bond acceptors (Lipinski definition) is 6. The molecule has 0 aromatic carbocycles. The zero-order valence-corrected chi connectivity index (χ0v) is 12.1. The van der Waals surface area contributed by atoms with E-state index >= 15 is 0 Å². The van der Waals surface area contributed by atoms with E-state index in [-0.39, 0.29) is 16.6 Å². The van der Waals surface area contributed by atoms with Crippen molar-refractivity contribution in [1.29, 1.82) is 0 Å². The number of unbranched alkanes of at least 4 members (excludes halogenated alkanes) is 1. The molecule has 0 aliphatic rings. The van der Waals surface area contributed by atoms with Gasteiger partial charge in [-0.05, 0) is 13.3 Å². The SMILES string of the molecule is CCCCn1ncc(NC(C)c2nn[nH]n2)c(Cl)c1=O. The van der Waals surface area contributed by atoms with Crippen molar-refractivity contribution in [2.45, 2.75) is 39.3 Å². The van der Waals surface area contributed by atoms with Crippen LogP contribution in [0, 0.1) is 0 Å². The van der Waals surface area contributed by atoms with Crippen LogP contribution >= 0.6 is 11.6 Å². The largest absolute Gasteiger partial charge is 0.373 e. The Morgan fingerprint density at radius 3 is 3.00 bits per heavy atom. The molecule has 20 heavy (non-hydrogen) atoms. The van der Waals surface area contributed by atoms with E-state index in [9.17, 15) is 4.79 Å². The van der Waals surface area contributed by atoms with E-state index in [1.807, 2.05) is 6.92 Å². The van der Waals surface area contributed by atoms with Gasteiger partial charge in [-0.25, -0.2) is 4.68 Å². The summed E-state index contributed by atoms with van der Waals surface area (Å²) >= 11 is 6.08. The topological polar surface area (TPSA) is 101 Å². The predicted octanol–water partition coefficient (Wildman–Crippen LogP) is 1.38. The van der Waals surface area contributed by atoms with Crippen molar-refractivity contribution in [2.24, 2.45) is 0 Å². The van der Waals surface area contributed by atoms with Crippen molar-refractivity contribution >= 4 is 17.3 Å². The minimum absolute atomic E-state index is 0.117. The van der Waals surface area contributed by atoms with Crippen LogP contribution in [0.25, 0.3) is 0 Å². The van der Waals surface area contributed by atoms with Crippen molar-refractivity contribution in [3.05, 3.63) is 27.4 Å². The molecule has 0 spiro atoms. The number of H-pyrrole nitrogens is 1. The van der Waals surface area contributed by atoms with Gasteiger partial charge in [0.05, 0.1) is 17.9 Å². The van der Waals surface area contributed by atoms with Gasteiger partial charge in [-0.2, -0.15) is 10.3 Å². The first-order valence-corrected chi connectivity index (χ1v) is 6.76. The summed E-state index contributed by atoms with van der Waals surface area (Å²) in [7, 11) is 0. The minimum atomic E-state index is -0.301. The van der Waals surface area contributed by atoms with E-state index in [4.69, 9.17) is 11.6 Å². The summed E-state index contributed by atoms with van der Waals surface area (Å²) in [6.07, 6.45) is 3.41. The lowest BCUT2D eigenvalue weighted by atomic mass is 10.3. The zero-order valence-electron chi connectivity index (χ0n) is 11.3. The number of tetrazole rings is 1. The molecule has 0 bridgehead atoms. The molecule has 8 nitrogen and oxygen atoms in total. The van der Waals surface area contributed by atoms with Gasteiger partial charge in [-0.15, -0.1) is 10.2 Å². The highest BCUT2D eigenvalue weighted by Gasteiger charge is 2.14. The molecule has 0 aliphatic heterocycles. The Balaban J connectivity index is 2.17. The fraction of sp³-hybridized carbons (Fsp3) is 0.545. The Bertz CT molecular complexity index is 610. The molecule has 2 aromatic heterocycles. The molecule has 0 amide bonds. The maximum atomic E-state index is 12.0. The predicted molar refractivity (Wildman–Crippen MR) is 74.6 cm³/mol. The van der Waals surface area contributed by atoms with Crippen molar-refractivity contribution in [3.8, 4) is 0 Å². The normalized spacial score (nSPS) is 12.3. The standard InChI is InChI=1S/C11H16ClN7O/c1-3-4-5-19-11(20)9(12)8(6-13-19)14-7(2)10-15-17-18-16-10/h6-7,14H,3-5H2,1-2H3,(H,15,16,17,18). The summed E-state index contributed by atoms with van der Waals surface area (Å²) in [5.74, 6) is 0.483. The van der Waals surface area contributed by atoms with Crippen molar-refractivity contribution < 1.29 is 0 Å². The number of aromatic amines is 1. The number of nitrogens with one attached hydrogen (secondary N) is 2. The number of aryl methyl sites for hydroxylation is 1. The first-order chi connectivity index (χ1) is 9.63. The van der Waals surface area contributed by atoms with E-state index < -0.39 is 0 Å². The van der Waals surface area contributed by atoms with Gasteiger partial charge in [-0.3, -0.25) is 4.79 Å². The third-order valence-corrected chi connectivity index (χ3v) is 3.19. The second-order valence-electron chi connectivity index (χ2n) is 4.39. The van der Waals surface area contributed by atoms with Gasteiger partial charge in [0, 0.05) is 6.54 Å². The molecular formula is C11H16ClN7O. The first-order valence-electron chi connectivity index (χ1n) is 6.39. The molecule has 0 fully saturated rings. The number of rotatable bonds is 6. The number of nitrogens with zero attached hydrogens (tertiary/aromatic N) is 5. The van der Waals surface area contributed by atoms with Crippen LogP contribution in [-0.4, -0.2) is 30.4 Å². The van der Waals surface area contributed by atoms with Gasteiger partial charge in [-0.1, -0.05) is 30.2 Å². The second-order valence-corrected chi connectivity index (χ2v) is 4.77. The molecule has 108 valence electrons. The molecule has 0 saturated carbocycles. The average Bonchev–Trinajstić information content (AvgIpc) is 2.97.